The van der Waals surface area contributed by atoms with Gasteiger partial charge in [0.1, 0.15) is 0 Å². The zero-order valence-electron chi connectivity index (χ0n) is 15.4. The van der Waals surface area contributed by atoms with Gasteiger partial charge < -0.3 is 0 Å². The molecule has 0 saturated carbocycles. The maximum atomic E-state index is 4.93. The van der Waals surface area contributed by atoms with Crippen molar-refractivity contribution in [2.45, 2.75) is 48.0 Å². The first kappa shape index (κ1) is 21.7. The first-order chi connectivity index (χ1) is 11.4. The van der Waals surface area contributed by atoms with E-state index in [4.69, 9.17) is 17.0 Å². The van der Waals surface area contributed by atoms with E-state index < -0.39 is 20.8 Å². The van der Waals surface area contributed by atoms with Crippen molar-refractivity contribution in [3.05, 3.63) is 69.8 Å². The van der Waals surface area contributed by atoms with E-state index >= 15 is 0 Å². The normalized spacial score (nSPS) is 9.67. The molecule has 3 aromatic carbocycles. The molecule has 0 radical (unpaired) electrons. The summed E-state index contributed by atoms with van der Waals surface area (Å²) in [4.78, 5) is 0. The Kier molecular flexibility index (Phi) is 9.57. The second-order valence-corrected chi connectivity index (χ2v) is 9.77. The maximum absolute atomic E-state index is 4.93. The molecule has 0 saturated heterocycles. The van der Waals surface area contributed by atoms with Crippen LogP contribution in [0.15, 0.2) is 36.4 Å². The standard InChI is InChI=1S/C11H11.C10H15.2ClH.Zr/c1-2-9-7-10-5-3-4-6-11(10)8-9;1-6-7(2)9(4)10(5)8(6)3;;;/h3-8H,2H2,1H3;1-5H3;2*1H;/q2*-1;;;+4/p-2. The minimum atomic E-state index is -0.826. The minimum absolute atomic E-state index is 0.826. The van der Waals surface area contributed by atoms with Gasteiger partial charge in [-0.05, 0) is 6.42 Å². The van der Waals surface area contributed by atoms with E-state index in [-0.39, 0.29) is 0 Å². The van der Waals surface area contributed by atoms with Crippen LogP contribution < -0.4 is 0 Å². The van der Waals surface area contributed by atoms with Crippen molar-refractivity contribution in [3.8, 4) is 0 Å². The van der Waals surface area contributed by atoms with Crippen molar-refractivity contribution in [1.82, 2.24) is 0 Å². The molecule has 3 rings (SSSR count). The van der Waals surface area contributed by atoms with Crippen LogP contribution in [0.4, 0.5) is 0 Å². The van der Waals surface area contributed by atoms with Crippen molar-refractivity contribution >= 4 is 27.8 Å². The molecule has 0 fully saturated rings. The molecule has 128 valence electrons. The number of benzene rings is 1. The zero-order chi connectivity index (χ0) is 18.3. The van der Waals surface area contributed by atoms with Crippen LogP contribution in [0, 0.1) is 34.6 Å². The van der Waals surface area contributed by atoms with E-state index in [9.17, 15) is 0 Å². The molecule has 0 aliphatic heterocycles. The van der Waals surface area contributed by atoms with Gasteiger partial charge in [-0.2, -0.15) is 33.9 Å². The zero-order valence-corrected chi connectivity index (χ0v) is 19.4. The van der Waals surface area contributed by atoms with Gasteiger partial charge in [0, 0.05) is 0 Å². The number of hydrogen-bond donors (Lipinski definition) is 0. The number of rotatable bonds is 1. The summed E-state index contributed by atoms with van der Waals surface area (Å²) in [6.45, 7) is 13.2. The number of aryl methyl sites for hydroxylation is 1. The Morgan fingerprint density at radius 1 is 1.00 bits per heavy atom. The summed E-state index contributed by atoms with van der Waals surface area (Å²) in [6.07, 6.45) is 1.13. The first-order valence-corrected chi connectivity index (χ1v) is 14.5. The molecule has 0 bridgehead atoms. The summed E-state index contributed by atoms with van der Waals surface area (Å²) in [5.41, 5.74) is 8.77. The summed E-state index contributed by atoms with van der Waals surface area (Å²) < 4.78 is 0. The molecule has 0 nitrogen and oxygen atoms in total. The monoisotopic (exact) mass is 438 g/mol. The van der Waals surface area contributed by atoms with Gasteiger partial charge in [-0.25, -0.2) is 0 Å². The summed E-state index contributed by atoms with van der Waals surface area (Å²) in [5, 5.41) is 2.73. The molecule has 3 heteroatoms. The topological polar surface area (TPSA) is 0 Å². The fraction of sp³-hybridized carbons (Fsp3) is 0.333. The Morgan fingerprint density at radius 3 is 1.88 bits per heavy atom. The molecule has 0 aromatic heterocycles. The summed E-state index contributed by atoms with van der Waals surface area (Å²) in [6, 6.07) is 13.0. The SMILES string of the molecule is CCc1cc2ccccc2[cH-]1.Cc1c(C)c(C)[c-](C)c1C.[Cl][Zr+2][Cl]. The predicted octanol–water partition coefficient (Wildman–Crippen LogP) is 7.45. The van der Waals surface area contributed by atoms with Gasteiger partial charge in [0.25, 0.3) is 0 Å². The van der Waals surface area contributed by atoms with Crippen LogP contribution in [0.5, 0.6) is 0 Å². The van der Waals surface area contributed by atoms with Gasteiger partial charge in [-0.1, -0.05) is 47.6 Å². The van der Waals surface area contributed by atoms with Crippen LogP contribution in [0.25, 0.3) is 10.8 Å². The Labute approximate surface area is 165 Å². The fourth-order valence-corrected chi connectivity index (χ4v) is 2.83. The van der Waals surface area contributed by atoms with Crippen molar-refractivity contribution in [2.24, 2.45) is 0 Å². The number of fused-ring (bicyclic) bond motifs is 1. The molecule has 0 amide bonds. The summed E-state index contributed by atoms with van der Waals surface area (Å²) in [5.74, 6) is 0. The molecule has 0 unspecified atom stereocenters. The van der Waals surface area contributed by atoms with Gasteiger partial charge in [0.2, 0.25) is 0 Å². The predicted molar refractivity (Wildman–Crippen MR) is 106 cm³/mol. The van der Waals surface area contributed by atoms with Gasteiger partial charge in [0.05, 0.1) is 0 Å². The number of halogens is 2. The molecule has 0 aliphatic carbocycles. The van der Waals surface area contributed by atoms with Crippen molar-refractivity contribution in [2.75, 3.05) is 0 Å². The molecular weight excluding hydrogens is 414 g/mol. The Hall–Kier alpha value is -0.357. The van der Waals surface area contributed by atoms with E-state index in [0.29, 0.717) is 0 Å². The van der Waals surface area contributed by atoms with Crippen molar-refractivity contribution < 1.29 is 20.8 Å². The quantitative estimate of drug-likeness (QED) is 0.345. The van der Waals surface area contributed by atoms with Gasteiger partial charge >= 0.3 is 37.9 Å². The molecule has 24 heavy (non-hydrogen) atoms. The van der Waals surface area contributed by atoms with Crippen LogP contribution in [-0.2, 0) is 27.3 Å². The summed E-state index contributed by atoms with van der Waals surface area (Å²) in [7, 11) is 9.87. The van der Waals surface area contributed by atoms with E-state index in [0.717, 1.165) is 6.42 Å². The number of hydrogen-bond acceptors (Lipinski definition) is 0. The van der Waals surface area contributed by atoms with Crippen LogP contribution in [0.2, 0.25) is 0 Å². The van der Waals surface area contributed by atoms with Crippen LogP contribution in [0.1, 0.15) is 40.3 Å². The molecule has 0 aliphatic rings. The third-order valence-corrected chi connectivity index (χ3v) is 4.90. The molecule has 0 atom stereocenters. The Balaban J connectivity index is 0.000000208. The van der Waals surface area contributed by atoms with E-state index in [1.165, 1.54) is 44.2 Å². The molecule has 3 aromatic rings. The van der Waals surface area contributed by atoms with Crippen molar-refractivity contribution in [3.63, 3.8) is 0 Å². The van der Waals surface area contributed by atoms with Gasteiger partial charge in [0.15, 0.2) is 0 Å². The molecule has 0 N–H and O–H groups in total. The average Bonchev–Trinajstić information content (AvgIpc) is 3.08. The third-order valence-electron chi connectivity index (χ3n) is 4.90. The van der Waals surface area contributed by atoms with Gasteiger partial charge in [-0.15, -0.1) is 40.6 Å². The molecule has 0 spiro atoms. The Morgan fingerprint density at radius 2 is 1.50 bits per heavy atom. The third kappa shape index (κ3) is 5.58. The van der Waals surface area contributed by atoms with Gasteiger partial charge in [-0.3, -0.25) is 0 Å². The first-order valence-electron chi connectivity index (χ1n) is 8.17. The van der Waals surface area contributed by atoms with Crippen LogP contribution in [0.3, 0.4) is 0 Å². The summed E-state index contributed by atoms with van der Waals surface area (Å²) >= 11 is -0.826. The van der Waals surface area contributed by atoms with Crippen LogP contribution >= 0.6 is 17.0 Å². The fourth-order valence-electron chi connectivity index (χ4n) is 2.83. The second-order valence-electron chi connectivity index (χ2n) is 6.04. The van der Waals surface area contributed by atoms with E-state index in [1.807, 2.05) is 0 Å². The molecular formula is C21H26Cl2Zr. The van der Waals surface area contributed by atoms with Crippen LogP contribution in [-0.4, -0.2) is 0 Å². The van der Waals surface area contributed by atoms with E-state index in [1.54, 1.807) is 0 Å². The molecule has 0 heterocycles. The Bertz CT molecular complexity index is 652. The average molecular weight is 441 g/mol. The second kappa shape index (κ2) is 10.6. The van der Waals surface area contributed by atoms with Crippen molar-refractivity contribution in [1.29, 1.82) is 0 Å². The van der Waals surface area contributed by atoms with E-state index in [2.05, 4.69) is 77.9 Å².